The van der Waals surface area contributed by atoms with Gasteiger partial charge < -0.3 is 10.2 Å². The number of nitro groups is 1. The van der Waals surface area contributed by atoms with E-state index in [-0.39, 0.29) is 17.5 Å². The van der Waals surface area contributed by atoms with Gasteiger partial charge in [-0.25, -0.2) is 10.8 Å². The molecule has 1 rings (SSSR count). The predicted molar refractivity (Wildman–Crippen MR) is 77.4 cm³/mol. The van der Waals surface area contributed by atoms with Crippen LogP contribution >= 0.6 is 0 Å². The lowest BCUT2D eigenvalue weighted by Crippen LogP contribution is -2.25. The first-order valence-electron chi connectivity index (χ1n) is 6.56. The zero-order chi connectivity index (χ0) is 15.0. The highest BCUT2D eigenvalue weighted by molar-refractivity contribution is 5.56. The molecule has 1 aromatic rings. The summed E-state index contributed by atoms with van der Waals surface area (Å²) >= 11 is 0. The van der Waals surface area contributed by atoms with E-state index in [2.05, 4.69) is 39.5 Å². The lowest BCUT2D eigenvalue weighted by atomic mass is 10.3. The van der Waals surface area contributed by atoms with Gasteiger partial charge in [0.1, 0.15) is 6.20 Å². The van der Waals surface area contributed by atoms with Crippen molar-refractivity contribution in [1.29, 1.82) is 0 Å². The molecule has 1 heterocycles. The van der Waals surface area contributed by atoms with Crippen LogP contribution in [0.2, 0.25) is 0 Å². The molecule has 0 aliphatic carbocycles. The Morgan fingerprint density at radius 2 is 2.15 bits per heavy atom. The standard InChI is InChI=1S/C11H21N7O2/c1-3-17(4-2)7-5-6-13-10-9(18(19)20)8-14-11(15-10)16-12/h8H,3-7,12H2,1-2H3,(H2,13,14,15,16). The number of nitrogens with two attached hydrogens (primary N) is 1. The third kappa shape index (κ3) is 4.59. The number of nitrogens with zero attached hydrogens (tertiary/aromatic N) is 4. The Morgan fingerprint density at radius 1 is 1.45 bits per heavy atom. The molecule has 0 unspecified atom stereocenters. The first-order valence-corrected chi connectivity index (χ1v) is 6.56. The van der Waals surface area contributed by atoms with Gasteiger partial charge in [0, 0.05) is 6.54 Å². The van der Waals surface area contributed by atoms with Gasteiger partial charge in [-0.1, -0.05) is 13.8 Å². The Labute approximate surface area is 117 Å². The summed E-state index contributed by atoms with van der Waals surface area (Å²) in [5, 5.41) is 13.8. The Morgan fingerprint density at radius 3 is 2.70 bits per heavy atom. The molecule has 0 aliphatic rings. The Bertz CT molecular complexity index is 437. The van der Waals surface area contributed by atoms with Gasteiger partial charge >= 0.3 is 5.69 Å². The smallest absolute Gasteiger partial charge is 0.329 e. The van der Waals surface area contributed by atoms with E-state index in [0.29, 0.717) is 6.54 Å². The first-order chi connectivity index (χ1) is 9.62. The van der Waals surface area contributed by atoms with Gasteiger partial charge in [-0.3, -0.25) is 15.5 Å². The Balaban J connectivity index is 2.59. The second kappa shape index (κ2) is 8.23. The second-order valence-corrected chi connectivity index (χ2v) is 4.14. The molecule has 4 N–H and O–H groups in total. The zero-order valence-corrected chi connectivity index (χ0v) is 11.8. The van der Waals surface area contributed by atoms with Crippen LogP contribution in [0.1, 0.15) is 20.3 Å². The van der Waals surface area contributed by atoms with Gasteiger partial charge in [0.05, 0.1) is 4.92 Å². The summed E-state index contributed by atoms with van der Waals surface area (Å²) in [4.78, 5) is 20.3. The van der Waals surface area contributed by atoms with Crippen LogP contribution in [-0.4, -0.2) is 46.0 Å². The molecular formula is C11H21N7O2. The van der Waals surface area contributed by atoms with Crippen LogP contribution in [-0.2, 0) is 0 Å². The minimum atomic E-state index is -0.521. The highest BCUT2D eigenvalue weighted by Gasteiger charge is 2.16. The first kappa shape index (κ1) is 16.1. The lowest BCUT2D eigenvalue weighted by molar-refractivity contribution is -0.384. The Kier molecular flexibility index (Phi) is 6.60. The second-order valence-electron chi connectivity index (χ2n) is 4.14. The highest BCUT2D eigenvalue weighted by atomic mass is 16.6. The van der Waals surface area contributed by atoms with Crippen LogP contribution in [0.25, 0.3) is 0 Å². The van der Waals surface area contributed by atoms with Gasteiger partial charge in [-0.05, 0) is 26.1 Å². The van der Waals surface area contributed by atoms with Gasteiger partial charge in [0.15, 0.2) is 0 Å². The largest absolute Gasteiger partial charge is 0.364 e. The van der Waals surface area contributed by atoms with Crippen molar-refractivity contribution in [2.24, 2.45) is 5.84 Å². The monoisotopic (exact) mass is 283 g/mol. The van der Waals surface area contributed by atoms with Gasteiger partial charge in [0.25, 0.3) is 0 Å². The fourth-order valence-electron chi connectivity index (χ4n) is 1.76. The lowest BCUT2D eigenvalue weighted by Gasteiger charge is -2.17. The van der Waals surface area contributed by atoms with E-state index in [1.807, 2.05) is 0 Å². The summed E-state index contributed by atoms with van der Waals surface area (Å²) < 4.78 is 0. The quantitative estimate of drug-likeness (QED) is 0.263. The molecule has 0 fully saturated rings. The topological polar surface area (TPSA) is 122 Å². The van der Waals surface area contributed by atoms with Crippen molar-refractivity contribution in [2.45, 2.75) is 20.3 Å². The van der Waals surface area contributed by atoms with Gasteiger partial charge in [-0.15, -0.1) is 0 Å². The van der Waals surface area contributed by atoms with Crippen molar-refractivity contribution in [3.8, 4) is 0 Å². The van der Waals surface area contributed by atoms with E-state index >= 15 is 0 Å². The third-order valence-corrected chi connectivity index (χ3v) is 2.93. The van der Waals surface area contributed by atoms with Crippen LogP contribution in [0.5, 0.6) is 0 Å². The summed E-state index contributed by atoms with van der Waals surface area (Å²) in [7, 11) is 0. The molecule has 1 aromatic heterocycles. The molecule has 0 aromatic carbocycles. The number of nitrogen functional groups attached to an aromatic ring is 1. The van der Waals surface area contributed by atoms with Gasteiger partial charge in [-0.2, -0.15) is 4.98 Å². The summed E-state index contributed by atoms with van der Waals surface area (Å²) in [6.45, 7) is 7.72. The summed E-state index contributed by atoms with van der Waals surface area (Å²) in [5.74, 6) is 5.52. The number of nitrogens with one attached hydrogen (secondary N) is 2. The summed E-state index contributed by atoms with van der Waals surface area (Å²) in [6, 6.07) is 0. The van der Waals surface area contributed by atoms with Crippen molar-refractivity contribution in [3.05, 3.63) is 16.3 Å². The van der Waals surface area contributed by atoms with E-state index in [1.165, 1.54) is 0 Å². The number of rotatable bonds is 9. The molecule has 9 nitrogen and oxygen atoms in total. The van der Waals surface area contributed by atoms with E-state index in [4.69, 9.17) is 5.84 Å². The highest BCUT2D eigenvalue weighted by Crippen LogP contribution is 2.21. The van der Waals surface area contributed by atoms with Crippen molar-refractivity contribution in [1.82, 2.24) is 14.9 Å². The molecule has 0 amide bonds. The molecule has 0 bridgehead atoms. The van der Waals surface area contributed by atoms with Gasteiger partial charge in [0.2, 0.25) is 11.8 Å². The average Bonchev–Trinajstić information content (AvgIpc) is 2.47. The minimum absolute atomic E-state index is 0.141. The number of hydrazine groups is 1. The number of hydrogen-bond acceptors (Lipinski definition) is 8. The maximum absolute atomic E-state index is 10.9. The van der Waals surface area contributed by atoms with Crippen LogP contribution < -0.4 is 16.6 Å². The Hall–Kier alpha value is -2.00. The van der Waals surface area contributed by atoms with Crippen molar-refractivity contribution >= 4 is 17.5 Å². The van der Waals surface area contributed by atoms with E-state index in [0.717, 1.165) is 32.3 Å². The fourth-order valence-corrected chi connectivity index (χ4v) is 1.76. The molecular weight excluding hydrogens is 262 g/mol. The van der Waals surface area contributed by atoms with Crippen molar-refractivity contribution in [3.63, 3.8) is 0 Å². The normalized spacial score (nSPS) is 10.6. The van der Waals surface area contributed by atoms with Crippen LogP contribution in [0.3, 0.4) is 0 Å². The molecule has 0 atom stereocenters. The summed E-state index contributed by atoms with van der Waals surface area (Å²) in [6.07, 6.45) is 2.00. The van der Waals surface area contributed by atoms with Crippen molar-refractivity contribution < 1.29 is 4.92 Å². The van der Waals surface area contributed by atoms with Crippen LogP contribution in [0, 0.1) is 10.1 Å². The SMILES string of the molecule is CCN(CC)CCCNc1nc(NN)ncc1[N+](=O)[O-]. The summed E-state index contributed by atoms with van der Waals surface area (Å²) in [5.41, 5.74) is 2.11. The van der Waals surface area contributed by atoms with E-state index in [9.17, 15) is 10.1 Å². The molecule has 0 aliphatic heterocycles. The molecule has 112 valence electrons. The maximum atomic E-state index is 10.9. The van der Waals surface area contributed by atoms with E-state index < -0.39 is 4.92 Å². The zero-order valence-electron chi connectivity index (χ0n) is 11.8. The fraction of sp³-hybridized carbons (Fsp3) is 0.636. The molecule has 0 radical (unpaired) electrons. The number of anilines is 2. The van der Waals surface area contributed by atoms with Crippen molar-refractivity contribution in [2.75, 3.05) is 36.9 Å². The molecule has 0 saturated heterocycles. The predicted octanol–water partition coefficient (Wildman–Crippen LogP) is 0.814. The van der Waals surface area contributed by atoms with E-state index in [1.54, 1.807) is 0 Å². The molecule has 9 heteroatoms. The average molecular weight is 283 g/mol. The molecule has 0 saturated carbocycles. The minimum Gasteiger partial charge on any atom is -0.364 e. The molecule has 20 heavy (non-hydrogen) atoms. The number of aromatic nitrogens is 2. The van der Waals surface area contributed by atoms with Crippen LogP contribution in [0.4, 0.5) is 17.5 Å². The maximum Gasteiger partial charge on any atom is 0.329 e. The third-order valence-electron chi connectivity index (χ3n) is 2.93. The number of hydrogen-bond donors (Lipinski definition) is 3. The molecule has 0 spiro atoms. The van der Waals surface area contributed by atoms with Crippen LogP contribution in [0.15, 0.2) is 6.20 Å².